The van der Waals surface area contributed by atoms with E-state index in [1.165, 1.54) is 31.2 Å². The van der Waals surface area contributed by atoms with Gasteiger partial charge in [-0.05, 0) is 56.7 Å². The second-order valence-electron chi connectivity index (χ2n) is 7.63. The minimum atomic E-state index is -4.73. The van der Waals surface area contributed by atoms with Crippen molar-refractivity contribution in [2.75, 3.05) is 10.7 Å². The summed E-state index contributed by atoms with van der Waals surface area (Å²) in [7, 11) is -8.39. The molecule has 0 fully saturated rings. The number of aliphatic imine (C=N–C) groups is 2. The summed E-state index contributed by atoms with van der Waals surface area (Å²) in [6.07, 6.45) is 0. The summed E-state index contributed by atoms with van der Waals surface area (Å²) in [6, 6.07) is 10.4. The molecule has 2 aromatic carbocycles. The summed E-state index contributed by atoms with van der Waals surface area (Å²) < 4.78 is 67.3. The number of guanidine groups is 2. The highest BCUT2D eigenvalue weighted by molar-refractivity contribution is 7.86. The number of nitrogens with two attached hydrogens (primary N) is 2. The maximum Gasteiger partial charge on any atom is 0.332 e. The molecule has 5 N–H and O–H groups in total. The third-order valence-electron chi connectivity index (χ3n) is 4.53. The quantitative estimate of drug-likeness (QED) is 0.361. The van der Waals surface area contributed by atoms with E-state index in [-0.39, 0.29) is 24.3 Å². The molecule has 192 valence electrons. The smallest absolute Gasteiger partial charge is 0.332 e. The first-order chi connectivity index (χ1) is 16.0. The van der Waals surface area contributed by atoms with Crippen LogP contribution >= 0.6 is 11.6 Å². The third kappa shape index (κ3) is 8.06. The first-order valence-electron chi connectivity index (χ1n) is 9.94. The van der Waals surface area contributed by atoms with Gasteiger partial charge in [-0.1, -0.05) is 23.7 Å². The molecular weight excluding hydrogens is 525 g/mol. The molecule has 0 bridgehead atoms. The van der Waals surface area contributed by atoms with Gasteiger partial charge in [-0.15, -0.1) is 3.89 Å². The van der Waals surface area contributed by atoms with Crippen LogP contribution in [0.3, 0.4) is 0 Å². The lowest BCUT2D eigenvalue weighted by Gasteiger charge is -2.38. The lowest BCUT2D eigenvalue weighted by atomic mass is 10.1. The van der Waals surface area contributed by atoms with E-state index >= 15 is 0 Å². The van der Waals surface area contributed by atoms with Crippen molar-refractivity contribution in [1.82, 2.24) is 0 Å². The Labute approximate surface area is 208 Å². The largest absolute Gasteiger partial charge is 0.487 e. The molecule has 0 aliphatic carbocycles. The zero-order valence-electron chi connectivity index (χ0n) is 19.0. The Morgan fingerprint density at radius 1 is 1.11 bits per heavy atom. The molecule has 0 unspecified atom stereocenters. The van der Waals surface area contributed by atoms with Crippen LogP contribution in [0, 0.1) is 0 Å². The van der Waals surface area contributed by atoms with E-state index < -0.39 is 30.9 Å². The number of nitrogens with zero attached hydrogens (tertiary/aromatic N) is 3. The third-order valence-corrected chi connectivity index (χ3v) is 6.39. The van der Waals surface area contributed by atoms with E-state index in [2.05, 4.69) is 9.98 Å². The Bertz CT molecular complexity index is 1350. The predicted molar refractivity (Wildman–Crippen MR) is 132 cm³/mol. The highest BCUT2D eigenvalue weighted by atomic mass is 35.5. The average molecular weight is 550 g/mol. The lowest BCUT2D eigenvalue weighted by molar-refractivity contribution is 0.306. The van der Waals surface area contributed by atoms with Gasteiger partial charge in [-0.25, -0.2) is 4.99 Å². The van der Waals surface area contributed by atoms with E-state index in [4.69, 9.17) is 32.4 Å². The Morgan fingerprint density at radius 3 is 2.14 bits per heavy atom. The molecule has 15 heteroatoms. The number of ether oxygens (including phenoxy) is 1. The molecule has 35 heavy (non-hydrogen) atoms. The van der Waals surface area contributed by atoms with Crippen molar-refractivity contribution < 1.29 is 30.0 Å². The van der Waals surface area contributed by atoms with Crippen LogP contribution in [0.5, 0.6) is 5.75 Å². The Kier molecular flexibility index (Phi) is 8.70. The molecule has 0 aromatic heterocycles. The monoisotopic (exact) mass is 549 g/mol. The van der Waals surface area contributed by atoms with Crippen molar-refractivity contribution in [2.45, 2.75) is 37.9 Å². The second kappa shape index (κ2) is 10.8. The molecule has 2 aromatic rings. The van der Waals surface area contributed by atoms with Gasteiger partial charge in [0.15, 0.2) is 0 Å². The first kappa shape index (κ1) is 28.3. The number of hydrogen-bond acceptors (Lipinski definition) is 10. The summed E-state index contributed by atoms with van der Waals surface area (Å²) in [5, 5.41) is 0.330. The van der Waals surface area contributed by atoms with Gasteiger partial charge in [0.25, 0.3) is 10.1 Å². The van der Waals surface area contributed by atoms with Crippen LogP contribution < -0.4 is 21.1 Å². The topological polar surface area (TPSA) is 178 Å². The van der Waals surface area contributed by atoms with Gasteiger partial charge in [-0.2, -0.15) is 21.8 Å². The molecule has 0 spiro atoms. The summed E-state index contributed by atoms with van der Waals surface area (Å²) >= 11 is 6.35. The number of halogens is 2. The molecule has 3 rings (SSSR count). The number of benzene rings is 2. The molecular formula is C20H25ClFN5O6S2. The minimum absolute atomic E-state index is 0.0985. The van der Waals surface area contributed by atoms with Crippen LogP contribution in [-0.4, -0.2) is 44.7 Å². The standard InChI is InChI=1S/C18H19ClFN5O3S.C2H6O3S/c1-18(2)24-16(21)23-17(22)25(18)12-5-8-15(14(19)9-12)28-10-11-3-6-13(7-4-11)29(20,26)27;1-2-6(3,4)5/h3-9H,10H2,1-2H3,(H4,21,22,23,24);2H2,1H3,(H,3,4,5). The van der Waals surface area contributed by atoms with E-state index in [9.17, 15) is 20.7 Å². The maximum atomic E-state index is 12.9. The van der Waals surface area contributed by atoms with Gasteiger partial charge in [-0.3, -0.25) is 9.45 Å². The van der Waals surface area contributed by atoms with Crippen molar-refractivity contribution in [3.05, 3.63) is 53.1 Å². The van der Waals surface area contributed by atoms with Crippen molar-refractivity contribution in [1.29, 1.82) is 0 Å². The van der Waals surface area contributed by atoms with Crippen LogP contribution in [0.2, 0.25) is 5.02 Å². The lowest BCUT2D eigenvalue weighted by Crippen LogP contribution is -2.54. The summed E-state index contributed by atoms with van der Waals surface area (Å²) in [6.45, 7) is 5.16. The Hall–Kier alpha value is -2.94. The van der Waals surface area contributed by atoms with Crippen LogP contribution in [0.1, 0.15) is 26.3 Å². The normalized spacial score (nSPS) is 15.4. The van der Waals surface area contributed by atoms with Gasteiger partial charge in [0, 0.05) is 5.69 Å². The molecule has 11 nitrogen and oxygen atoms in total. The van der Waals surface area contributed by atoms with E-state index in [1.807, 2.05) is 13.8 Å². The maximum absolute atomic E-state index is 12.9. The molecule has 0 atom stereocenters. The minimum Gasteiger partial charge on any atom is -0.487 e. The molecule has 1 heterocycles. The molecule has 0 saturated heterocycles. The van der Waals surface area contributed by atoms with Gasteiger partial charge >= 0.3 is 10.2 Å². The van der Waals surface area contributed by atoms with Crippen LogP contribution in [-0.2, 0) is 26.9 Å². The molecule has 1 aliphatic heterocycles. The second-order valence-corrected chi connectivity index (χ2v) is 11.1. The van der Waals surface area contributed by atoms with Gasteiger partial charge in [0.1, 0.15) is 18.0 Å². The van der Waals surface area contributed by atoms with E-state index in [1.54, 1.807) is 23.1 Å². The SMILES string of the molecule is CC1(C)N=C(N)N=C(N)N1c1ccc(OCc2ccc(S(=O)(=O)F)cc2)c(Cl)c1.CCS(=O)(=O)O. The highest BCUT2D eigenvalue weighted by Crippen LogP contribution is 2.34. The zero-order valence-corrected chi connectivity index (χ0v) is 21.4. The predicted octanol–water partition coefficient (Wildman–Crippen LogP) is 2.66. The number of hydrogen-bond donors (Lipinski definition) is 3. The molecule has 0 amide bonds. The molecule has 1 aliphatic rings. The van der Waals surface area contributed by atoms with Crippen molar-refractivity contribution in [3.8, 4) is 5.75 Å². The van der Waals surface area contributed by atoms with Crippen molar-refractivity contribution in [3.63, 3.8) is 0 Å². The van der Waals surface area contributed by atoms with Gasteiger partial charge in [0.05, 0.1) is 15.7 Å². The first-order valence-corrected chi connectivity index (χ1v) is 13.3. The summed E-state index contributed by atoms with van der Waals surface area (Å²) in [5.74, 6) is 0.495. The van der Waals surface area contributed by atoms with Crippen molar-refractivity contribution in [2.24, 2.45) is 21.5 Å². The average Bonchev–Trinajstić information content (AvgIpc) is 2.71. The molecule has 0 saturated carbocycles. The zero-order chi connectivity index (χ0) is 26.6. The Morgan fingerprint density at radius 2 is 1.69 bits per heavy atom. The Balaban J connectivity index is 0.000000641. The number of rotatable bonds is 6. The fraction of sp³-hybridized carbons (Fsp3) is 0.300. The fourth-order valence-corrected chi connectivity index (χ4v) is 3.60. The van der Waals surface area contributed by atoms with Gasteiger partial charge < -0.3 is 16.2 Å². The number of anilines is 1. The van der Waals surface area contributed by atoms with Crippen molar-refractivity contribution >= 4 is 49.5 Å². The van der Waals surface area contributed by atoms with E-state index in [0.29, 0.717) is 22.0 Å². The summed E-state index contributed by atoms with van der Waals surface area (Å²) in [5.41, 5.74) is 12.2. The van der Waals surface area contributed by atoms with Crippen LogP contribution in [0.15, 0.2) is 57.3 Å². The van der Waals surface area contributed by atoms with Gasteiger partial charge in [0.2, 0.25) is 11.9 Å². The van der Waals surface area contributed by atoms with Crippen LogP contribution in [0.25, 0.3) is 0 Å². The van der Waals surface area contributed by atoms with E-state index in [0.717, 1.165) is 0 Å². The fourth-order valence-electron chi connectivity index (χ4n) is 2.91. The molecule has 0 radical (unpaired) electrons. The highest BCUT2D eigenvalue weighted by Gasteiger charge is 2.33. The van der Waals surface area contributed by atoms with Crippen LogP contribution in [0.4, 0.5) is 9.57 Å². The summed E-state index contributed by atoms with van der Waals surface area (Å²) in [4.78, 5) is 9.56.